The van der Waals surface area contributed by atoms with Crippen molar-refractivity contribution in [1.82, 2.24) is 0 Å². The molecule has 2 unspecified atom stereocenters. The van der Waals surface area contributed by atoms with Crippen molar-refractivity contribution in [2.24, 2.45) is 5.92 Å². The summed E-state index contributed by atoms with van der Waals surface area (Å²) in [5, 5.41) is 17.9. The number of hydrogen-bond acceptors (Lipinski definition) is 7. The molecular weight excluding hydrogens is 506 g/mol. The monoisotopic (exact) mass is 564 g/mol. The second-order valence-corrected chi connectivity index (χ2v) is 10.2. The van der Waals surface area contributed by atoms with Crippen molar-refractivity contribution in [3.63, 3.8) is 0 Å². The molecule has 38 heavy (non-hydrogen) atoms. The number of rotatable bonds is 25. The molecular formula is C29H58Na2O7. The van der Waals surface area contributed by atoms with E-state index in [4.69, 9.17) is 9.84 Å². The van der Waals surface area contributed by atoms with Crippen molar-refractivity contribution in [3.8, 4) is 0 Å². The van der Waals surface area contributed by atoms with Crippen LogP contribution in [0.4, 0.5) is 9.59 Å². The Balaban J connectivity index is -0.00000612. The van der Waals surface area contributed by atoms with E-state index in [-0.39, 0.29) is 71.6 Å². The maximum absolute atomic E-state index is 11.9. The first kappa shape index (κ1) is 43.1. The summed E-state index contributed by atoms with van der Waals surface area (Å²) in [6, 6.07) is 0. The Kier molecular flexibility index (Phi) is 38.4. The van der Waals surface area contributed by atoms with Crippen molar-refractivity contribution >= 4 is 71.4 Å². The van der Waals surface area contributed by atoms with Gasteiger partial charge >= 0.3 is 71.4 Å². The summed E-state index contributed by atoms with van der Waals surface area (Å²) in [7, 11) is 0. The molecule has 0 radical (unpaired) electrons. The third-order valence-electron chi connectivity index (χ3n) is 6.64. The molecule has 0 saturated carbocycles. The van der Waals surface area contributed by atoms with E-state index in [1.165, 1.54) is 103 Å². The van der Waals surface area contributed by atoms with E-state index in [0.29, 0.717) is 0 Å². The van der Waals surface area contributed by atoms with Crippen LogP contribution < -0.4 is 0 Å². The summed E-state index contributed by atoms with van der Waals surface area (Å²) in [5.74, 6) is 0.263. The summed E-state index contributed by atoms with van der Waals surface area (Å²) >= 11 is 0. The zero-order chi connectivity index (χ0) is 26.7. The zero-order valence-electron chi connectivity index (χ0n) is 23.4. The number of ether oxygens (including phenoxy) is 3. The Hall–Kier alpha value is 0.660. The van der Waals surface area contributed by atoms with Crippen LogP contribution in [0.25, 0.3) is 0 Å². The summed E-state index contributed by atoms with van der Waals surface area (Å²) in [6.45, 7) is 3.73. The van der Waals surface area contributed by atoms with Gasteiger partial charge < -0.3 is 24.4 Å². The Labute approximate surface area is 277 Å². The molecule has 0 bridgehead atoms. The number of aliphatic hydroxyl groups is 2. The van der Waals surface area contributed by atoms with Gasteiger partial charge in [-0.25, -0.2) is 9.59 Å². The normalized spacial score (nSPS) is 12.1. The minimum atomic E-state index is -1.23. The van der Waals surface area contributed by atoms with Gasteiger partial charge in [0.15, 0.2) is 0 Å². The van der Waals surface area contributed by atoms with Crippen LogP contribution in [0.3, 0.4) is 0 Å². The van der Waals surface area contributed by atoms with Crippen LogP contribution in [-0.4, -0.2) is 108 Å². The average Bonchev–Trinajstić information content (AvgIpc) is 2.87. The van der Waals surface area contributed by atoms with Crippen LogP contribution >= 0.6 is 0 Å². The first-order valence-corrected chi connectivity index (χ1v) is 14.8. The van der Waals surface area contributed by atoms with Gasteiger partial charge in [0.05, 0.1) is 13.2 Å². The summed E-state index contributed by atoms with van der Waals surface area (Å²) in [4.78, 5) is 23.3. The summed E-state index contributed by atoms with van der Waals surface area (Å²) in [6.07, 6.45) is 21.5. The molecule has 0 aromatic heterocycles. The predicted octanol–water partition coefficient (Wildman–Crippen LogP) is 6.79. The van der Waals surface area contributed by atoms with Gasteiger partial charge in [-0.15, -0.1) is 0 Å². The Morgan fingerprint density at radius 1 is 0.579 bits per heavy atom. The molecule has 0 heterocycles. The van der Waals surface area contributed by atoms with E-state index in [2.05, 4.69) is 23.3 Å². The van der Waals surface area contributed by atoms with E-state index in [0.717, 1.165) is 25.7 Å². The molecule has 218 valence electrons. The van der Waals surface area contributed by atoms with Crippen LogP contribution in [-0.2, 0) is 14.2 Å². The fourth-order valence-electron chi connectivity index (χ4n) is 4.33. The quantitative estimate of drug-likeness (QED) is 0.0545. The van der Waals surface area contributed by atoms with Gasteiger partial charge in [-0.2, -0.15) is 0 Å². The van der Waals surface area contributed by atoms with Gasteiger partial charge in [0.25, 0.3) is 0 Å². The summed E-state index contributed by atoms with van der Waals surface area (Å²) < 4.78 is 14.2. The number of unbranched alkanes of at least 4 members (excludes halogenated alkanes) is 16. The first-order chi connectivity index (χ1) is 17.5. The molecule has 0 saturated heterocycles. The van der Waals surface area contributed by atoms with Crippen LogP contribution in [0.15, 0.2) is 0 Å². The molecule has 2 N–H and O–H groups in total. The van der Waals surface area contributed by atoms with E-state index >= 15 is 0 Å². The van der Waals surface area contributed by atoms with E-state index in [1.807, 2.05) is 0 Å². The molecule has 0 aliphatic heterocycles. The molecule has 0 amide bonds. The molecule has 0 spiro atoms. The van der Waals surface area contributed by atoms with Gasteiger partial charge in [-0.1, -0.05) is 129 Å². The number of hydrogen-bond donors (Lipinski definition) is 2. The fraction of sp³-hybridized carbons (Fsp3) is 0.931. The van der Waals surface area contributed by atoms with Crippen LogP contribution in [0.2, 0.25) is 0 Å². The fourth-order valence-corrected chi connectivity index (χ4v) is 4.33. The second-order valence-electron chi connectivity index (χ2n) is 10.2. The molecule has 0 fully saturated rings. The molecule has 0 rings (SSSR count). The van der Waals surface area contributed by atoms with Crippen molar-refractivity contribution in [3.05, 3.63) is 0 Å². The minimum absolute atomic E-state index is 0. The van der Waals surface area contributed by atoms with Gasteiger partial charge in [0.1, 0.15) is 12.7 Å². The summed E-state index contributed by atoms with van der Waals surface area (Å²) in [5.41, 5.74) is 0. The second kappa shape index (κ2) is 33.9. The molecule has 7 nitrogen and oxygen atoms in total. The molecule has 0 aliphatic rings. The van der Waals surface area contributed by atoms with Gasteiger partial charge in [0.2, 0.25) is 0 Å². The van der Waals surface area contributed by atoms with Gasteiger partial charge in [-0.3, -0.25) is 0 Å². The topological polar surface area (TPSA) is 102 Å². The third kappa shape index (κ3) is 31.2. The number of aliphatic hydroxyl groups excluding tert-OH is 2. The van der Waals surface area contributed by atoms with Crippen LogP contribution in [0.5, 0.6) is 0 Å². The predicted molar refractivity (Wildman–Crippen MR) is 158 cm³/mol. The Morgan fingerprint density at radius 3 is 1.29 bits per heavy atom. The Bertz CT molecular complexity index is 509. The van der Waals surface area contributed by atoms with Crippen molar-refractivity contribution in [2.45, 2.75) is 148 Å². The molecule has 2 atom stereocenters. The average molecular weight is 565 g/mol. The van der Waals surface area contributed by atoms with Crippen molar-refractivity contribution in [1.29, 1.82) is 0 Å². The van der Waals surface area contributed by atoms with Gasteiger partial charge in [-0.05, 0) is 18.8 Å². The molecule has 0 aliphatic carbocycles. The SMILES string of the molecule is CCCCCCCCCCCCC(CCCCCCCCCC)COC(=O)OC(=O)OCC(O)CO.[NaH].[NaH]. The zero-order valence-corrected chi connectivity index (χ0v) is 23.4. The van der Waals surface area contributed by atoms with Gasteiger partial charge in [0, 0.05) is 0 Å². The van der Waals surface area contributed by atoms with Crippen molar-refractivity contribution < 1.29 is 34.0 Å². The van der Waals surface area contributed by atoms with Crippen LogP contribution in [0, 0.1) is 5.92 Å². The molecule has 0 aromatic rings. The van der Waals surface area contributed by atoms with Crippen LogP contribution in [0.1, 0.15) is 142 Å². The maximum atomic E-state index is 11.9. The number of carbonyl (C=O) groups excluding carboxylic acids is 2. The van der Waals surface area contributed by atoms with Crippen molar-refractivity contribution in [2.75, 3.05) is 19.8 Å². The Morgan fingerprint density at radius 2 is 0.921 bits per heavy atom. The third-order valence-corrected chi connectivity index (χ3v) is 6.64. The number of carbonyl (C=O) groups is 2. The van der Waals surface area contributed by atoms with E-state index in [9.17, 15) is 14.7 Å². The molecule has 9 heteroatoms. The van der Waals surface area contributed by atoms with E-state index < -0.39 is 31.6 Å². The first-order valence-electron chi connectivity index (χ1n) is 14.8. The standard InChI is InChI=1S/C29H56O7.2Na.2H/c1-3-5-7-9-11-13-14-16-18-20-22-26(21-19-17-15-12-10-8-6-4-2)24-34-28(32)36-29(33)35-25-27(31)23-30;;;;/h26-27,30-31H,3-25H2,1-2H3;;;;. The molecule has 0 aromatic carbocycles. The van der Waals surface area contributed by atoms with E-state index in [1.54, 1.807) is 0 Å².